The number of methoxy groups -OCH3 is 1. The molecule has 1 saturated carbocycles. The highest BCUT2D eigenvalue weighted by molar-refractivity contribution is 6.06. The quantitative estimate of drug-likeness (QED) is 0.334. The number of carboxylic acids is 1. The highest BCUT2D eigenvalue weighted by Gasteiger charge is 2.26. The lowest BCUT2D eigenvalue weighted by Crippen LogP contribution is -2.38. The molecule has 7 heteroatoms. The van der Waals surface area contributed by atoms with Crippen LogP contribution in [0, 0.1) is 5.92 Å². The summed E-state index contributed by atoms with van der Waals surface area (Å²) in [6.07, 6.45) is 5.14. The third-order valence-corrected chi connectivity index (χ3v) is 7.23. The first-order chi connectivity index (χ1) is 18.0. The van der Waals surface area contributed by atoms with Gasteiger partial charge in [0.15, 0.2) is 0 Å². The summed E-state index contributed by atoms with van der Waals surface area (Å²) >= 11 is 0. The van der Waals surface area contributed by atoms with E-state index >= 15 is 0 Å². The molecule has 2 N–H and O–H groups in total. The number of ether oxygens (including phenoxy) is 1. The third-order valence-electron chi connectivity index (χ3n) is 7.23. The van der Waals surface area contributed by atoms with E-state index in [1.54, 1.807) is 19.4 Å². The molecule has 0 unspecified atom stereocenters. The lowest BCUT2D eigenvalue weighted by Gasteiger charge is -2.28. The number of carboxylic acid groups (broad SMARTS) is 1. The Hall–Kier alpha value is -4.13. The van der Waals surface area contributed by atoms with Crippen molar-refractivity contribution >= 4 is 22.8 Å². The number of hydrogen-bond donors (Lipinski definition) is 2. The first-order valence-electron chi connectivity index (χ1n) is 12.7. The Morgan fingerprint density at radius 3 is 2.38 bits per heavy atom. The van der Waals surface area contributed by atoms with Gasteiger partial charge >= 0.3 is 5.97 Å². The molecule has 0 radical (unpaired) electrons. The smallest absolute Gasteiger partial charge is 0.303 e. The van der Waals surface area contributed by atoms with E-state index in [4.69, 9.17) is 9.84 Å². The van der Waals surface area contributed by atoms with Crippen LogP contribution in [0.15, 0.2) is 72.9 Å². The van der Waals surface area contributed by atoms with Crippen molar-refractivity contribution in [3.05, 3.63) is 84.1 Å². The maximum Gasteiger partial charge on any atom is 0.303 e. The van der Waals surface area contributed by atoms with Crippen LogP contribution < -0.4 is 10.1 Å². The van der Waals surface area contributed by atoms with Crippen molar-refractivity contribution in [2.45, 2.75) is 44.7 Å². The molecule has 1 heterocycles. The highest BCUT2D eigenvalue weighted by Crippen LogP contribution is 2.29. The highest BCUT2D eigenvalue weighted by atomic mass is 16.5. The summed E-state index contributed by atoms with van der Waals surface area (Å²) in [7, 11) is 1.59. The number of aliphatic carboxylic acids is 1. The van der Waals surface area contributed by atoms with Gasteiger partial charge in [-0.3, -0.25) is 14.3 Å². The standard InChI is InChI=1S/C30H31N3O4/c1-37-26-16-24-18-31-33(19-21-7-11-23(12-8-21)22-5-3-2-4-6-22)29(24)27(17-26)30(36)32-25-13-9-20(10-14-25)15-28(34)35/h2-8,11-12,16-18,20,25H,9-10,13-15,19H2,1H3,(H,32,36)(H,34,35). The van der Waals surface area contributed by atoms with Crippen LogP contribution in [-0.4, -0.2) is 39.9 Å². The zero-order valence-electron chi connectivity index (χ0n) is 20.9. The van der Waals surface area contributed by atoms with E-state index in [2.05, 4.69) is 46.8 Å². The average molecular weight is 498 g/mol. The van der Waals surface area contributed by atoms with E-state index in [0.717, 1.165) is 47.7 Å². The number of fused-ring (bicyclic) bond motifs is 1. The van der Waals surface area contributed by atoms with Crippen molar-refractivity contribution in [1.29, 1.82) is 0 Å². The topological polar surface area (TPSA) is 93.4 Å². The third kappa shape index (κ3) is 5.66. The number of carbonyl (C=O) groups excluding carboxylic acids is 1. The summed E-state index contributed by atoms with van der Waals surface area (Å²) < 4.78 is 7.33. The minimum Gasteiger partial charge on any atom is -0.497 e. The minimum absolute atomic E-state index is 0.0284. The van der Waals surface area contributed by atoms with Gasteiger partial charge in [-0.05, 0) is 60.4 Å². The SMILES string of the molecule is COc1cc(C(=O)NC2CCC(CC(=O)O)CC2)c2c(cnn2Cc2ccc(-c3ccccc3)cc2)c1. The second-order valence-corrected chi connectivity index (χ2v) is 9.77. The molecule has 5 rings (SSSR count). The zero-order chi connectivity index (χ0) is 25.8. The summed E-state index contributed by atoms with van der Waals surface area (Å²) in [6, 6.07) is 22.3. The minimum atomic E-state index is -0.755. The van der Waals surface area contributed by atoms with Gasteiger partial charge in [-0.25, -0.2) is 0 Å². The number of amides is 1. The molecule has 190 valence electrons. The molecule has 3 aromatic carbocycles. The van der Waals surface area contributed by atoms with Crippen LogP contribution in [0.1, 0.15) is 48.0 Å². The van der Waals surface area contributed by atoms with Crippen LogP contribution in [0.4, 0.5) is 0 Å². The van der Waals surface area contributed by atoms with E-state index in [1.165, 1.54) is 5.56 Å². The van der Waals surface area contributed by atoms with Gasteiger partial charge < -0.3 is 15.2 Å². The number of rotatable bonds is 8. The van der Waals surface area contributed by atoms with E-state index in [9.17, 15) is 9.59 Å². The van der Waals surface area contributed by atoms with Gasteiger partial charge in [0.2, 0.25) is 0 Å². The molecule has 7 nitrogen and oxygen atoms in total. The largest absolute Gasteiger partial charge is 0.497 e. The molecule has 0 atom stereocenters. The van der Waals surface area contributed by atoms with E-state index in [-0.39, 0.29) is 24.3 Å². The van der Waals surface area contributed by atoms with Crippen LogP contribution in [0.3, 0.4) is 0 Å². The van der Waals surface area contributed by atoms with Crippen molar-refractivity contribution in [1.82, 2.24) is 15.1 Å². The summed E-state index contributed by atoms with van der Waals surface area (Å²) in [5.74, 6) is -0.126. The molecule has 37 heavy (non-hydrogen) atoms. The number of benzene rings is 3. The molecule has 0 bridgehead atoms. The molecular formula is C30H31N3O4. The molecule has 1 aromatic heterocycles. The molecule has 1 fully saturated rings. The van der Waals surface area contributed by atoms with Gasteiger partial charge in [0, 0.05) is 17.8 Å². The first-order valence-corrected chi connectivity index (χ1v) is 12.7. The van der Waals surface area contributed by atoms with Gasteiger partial charge in [-0.1, -0.05) is 54.6 Å². The van der Waals surface area contributed by atoms with Crippen LogP contribution in [-0.2, 0) is 11.3 Å². The lowest BCUT2D eigenvalue weighted by atomic mass is 9.84. The number of hydrogen-bond acceptors (Lipinski definition) is 4. The van der Waals surface area contributed by atoms with Crippen LogP contribution in [0.25, 0.3) is 22.0 Å². The molecule has 0 saturated heterocycles. The van der Waals surface area contributed by atoms with Crippen molar-refractivity contribution in [2.24, 2.45) is 5.92 Å². The molecule has 1 aliphatic rings. The normalized spacial score (nSPS) is 17.4. The molecular weight excluding hydrogens is 466 g/mol. The molecule has 1 aliphatic carbocycles. The second-order valence-electron chi connectivity index (χ2n) is 9.77. The fourth-order valence-corrected chi connectivity index (χ4v) is 5.24. The van der Waals surface area contributed by atoms with Gasteiger partial charge in [-0.15, -0.1) is 0 Å². The average Bonchev–Trinajstić information content (AvgIpc) is 3.32. The number of nitrogens with one attached hydrogen (secondary N) is 1. The Balaban J connectivity index is 1.36. The maximum absolute atomic E-state index is 13.5. The van der Waals surface area contributed by atoms with Crippen molar-refractivity contribution in [3.8, 4) is 16.9 Å². The van der Waals surface area contributed by atoms with Gasteiger partial charge in [0.25, 0.3) is 5.91 Å². The van der Waals surface area contributed by atoms with E-state index in [0.29, 0.717) is 17.9 Å². The fraction of sp³-hybridized carbons (Fsp3) is 0.300. The zero-order valence-corrected chi connectivity index (χ0v) is 20.9. The Morgan fingerprint density at radius 1 is 1.00 bits per heavy atom. The van der Waals surface area contributed by atoms with E-state index < -0.39 is 5.97 Å². The summed E-state index contributed by atoms with van der Waals surface area (Å²) in [5.41, 5.74) is 4.70. The summed E-state index contributed by atoms with van der Waals surface area (Å²) in [6.45, 7) is 0.533. The second kappa shape index (κ2) is 10.9. The predicted octanol–water partition coefficient (Wildman–Crippen LogP) is 5.52. The van der Waals surface area contributed by atoms with Crippen molar-refractivity contribution in [3.63, 3.8) is 0 Å². The van der Waals surface area contributed by atoms with Gasteiger partial charge in [-0.2, -0.15) is 5.10 Å². The molecule has 1 amide bonds. The number of aromatic nitrogens is 2. The maximum atomic E-state index is 13.5. The predicted molar refractivity (Wildman–Crippen MR) is 143 cm³/mol. The Morgan fingerprint density at radius 2 is 1.70 bits per heavy atom. The van der Waals surface area contributed by atoms with Crippen molar-refractivity contribution in [2.75, 3.05) is 7.11 Å². The summed E-state index contributed by atoms with van der Waals surface area (Å²) in [4.78, 5) is 24.5. The Kier molecular flexibility index (Phi) is 7.21. The van der Waals surface area contributed by atoms with Crippen molar-refractivity contribution < 1.29 is 19.4 Å². The van der Waals surface area contributed by atoms with Crippen LogP contribution >= 0.6 is 0 Å². The molecule has 4 aromatic rings. The van der Waals surface area contributed by atoms with Gasteiger partial charge in [0.05, 0.1) is 30.9 Å². The molecule has 0 spiro atoms. The number of carbonyl (C=O) groups is 2. The van der Waals surface area contributed by atoms with Crippen LogP contribution in [0.5, 0.6) is 5.75 Å². The molecule has 0 aliphatic heterocycles. The Bertz CT molecular complexity index is 1390. The number of nitrogens with zero attached hydrogens (tertiary/aromatic N) is 2. The Labute approximate surface area is 216 Å². The fourth-order valence-electron chi connectivity index (χ4n) is 5.24. The van der Waals surface area contributed by atoms with Gasteiger partial charge in [0.1, 0.15) is 5.75 Å². The first kappa shape index (κ1) is 24.6. The van der Waals surface area contributed by atoms with Crippen LogP contribution in [0.2, 0.25) is 0 Å². The monoisotopic (exact) mass is 497 g/mol. The summed E-state index contributed by atoms with van der Waals surface area (Å²) in [5, 5.41) is 17.7. The lowest BCUT2D eigenvalue weighted by molar-refractivity contribution is -0.138. The van der Waals surface area contributed by atoms with E-state index in [1.807, 2.05) is 28.9 Å².